The van der Waals surface area contributed by atoms with Gasteiger partial charge in [0.05, 0.1) is 0 Å². The highest BCUT2D eigenvalue weighted by Crippen LogP contribution is 2.49. The van der Waals surface area contributed by atoms with Crippen LogP contribution in [0.5, 0.6) is 0 Å². The van der Waals surface area contributed by atoms with Crippen LogP contribution in [0.15, 0.2) is 22.7 Å². The lowest BCUT2D eigenvalue weighted by atomic mass is 9.75. The quantitative estimate of drug-likeness (QED) is 0.750. The van der Waals surface area contributed by atoms with E-state index in [4.69, 9.17) is 0 Å². The van der Waals surface area contributed by atoms with Crippen LogP contribution in [0.4, 0.5) is 4.39 Å². The van der Waals surface area contributed by atoms with Gasteiger partial charge in [0.15, 0.2) is 0 Å². The Hall–Kier alpha value is -0.410. The summed E-state index contributed by atoms with van der Waals surface area (Å²) in [4.78, 5) is 0. The number of benzene rings is 1. The number of hydrogen-bond donors (Lipinski definition) is 1. The molecule has 0 bridgehead atoms. The van der Waals surface area contributed by atoms with E-state index in [9.17, 15) is 4.39 Å². The van der Waals surface area contributed by atoms with E-state index in [1.54, 1.807) is 12.1 Å². The maximum absolute atomic E-state index is 14.3. The SMILES string of the molecule is CCCNC(c1cc(Br)ccc1F)C1CCCC1(C)C. The Bertz CT molecular complexity index is 458. The van der Waals surface area contributed by atoms with Crippen molar-refractivity contribution in [2.75, 3.05) is 6.54 Å². The molecule has 1 nitrogen and oxygen atoms in total. The lowest BCUT2D eigenvalue weighted by Gasteiger charge is -2.35. The van der Waals surface area contributed by atoms with E-state index in [2.05, 4.69) is 42.0 Å². The average Bonchev–Trinajstić information content (AvgIpc) is 2.74. The van der Waals surface area contributed by atoms with Crippen LogP contribution in [-0.4, -0.2) is 6.54 Å². The van der Waals surface area contributed by atoms with E-state index in [0.717, 1.165) is 23.0 Å². The van der Waals surface area contributed by atoms with Gasteiger partial charge in [-0.05, 0) is 55.3 Å². The summed E-state index contributed by atoms with van der Waals surface area (Å²) < 4.78 is 15.2. The minimum Gasteiger partial charge on any atom is -0.310 e. The van der Waals surface area contributed by atoms with E-state index in [-0.39, 0.29) is 17.3 Å². The fourth-order valence-electron chi connectivity index (χ4n) is 3.49. The molecule has 1 aromatic carbocycles. The summed E-state index contributed by atoms with van der Waals surface area (Å²) in [7, 11) is 0. The highest BCUT2D eigenvalue weighted by molar-refractivity contribution is 9.10. The molecule has 1 N–H and O–H groups in total. The molecule has 1 aliphatic carbocycles. The van der Waals surface area contributed by atoms with Gasteiger partial charge >= 0.3 is 0 Å². The maximum atomic E-state index is 14.3. The summed E-state index contributed by atoms with van der Waals surface area (Å²) in [6, 6.07) is 5.40. The Morgan fingerprint density at radius 2 is 2.20 bits per heavy atom. The minimum absolute atomic E-state index is 0.0931. The fraction of sp³-hybridized carbons (Fsp3) is 0.647. The normalized spacial score (nSPS) is 22.9. The second-order valence-corrected chi connectivity index (χ2v) is 7.50. The molecule has 0 aromatic heterocycles. The molecular formula is C17H25BrFN. The van der Waals surface area contributed by atoms with Gasteiger partial charge in [-0.1, -0.05) is 43.1 Å². The number of halogens is 2. The van der Waals surface area contributed by atoms with Gasteiger partial charge in [0, 0.05) is 16.1 Å². The van der Waals surface area contributed by atoms with Crippen molar-refractivity contribution in [3.05, 3.63) is 34.1 Å². The Morgan fingerprint density at radius 1 is 1.45 bits per heavy atom. The maximum Gasteiger partial charge on any atom is 0.128 e. The smallest absolute Gasteiger partial charge is 0.128 e. The Kier molecular flexibility index (Phi) is 5.25. The van der Waals surface area contributed by atoms with E-state index in [1.165, 1.54) is 19.3 Å². The monoisotopic (exact) mass is 341 g/mol. The molecular weight excluding hydrogens is 317 g/mol. The summed E-state index contributed by atoms with van der Waals surface area (Å²) >= 11 is 3.48. The standard InChI is InChI=1S/C17H25BrFN/c1-4-10-20-16(14-6-5-9-17(14,2)3)13-11-12(18)7-8-15(13)19/h7-8,11,14,16,20H,4-6,9-10H2,1-3H3. The van der Waals surface area contributed by atoms with Crippen molar-refractivity contribution in [3.63, 3.8) is 0 Å². The van der Waals surface area contributed by atoms with Gasteiger partial charge in [-0.3, -0.25) is 0 Å². The van der Waals surface area contributed by atoms with Crippen LogP contribution in [0.2, 0.25) is 0 Å². The summed E-state index contributed by atoms with van der Waals surface area (Å²) in [5, 5.41) is 3.59. The molecule has 2 atom stereocenters. The molecule has 0 amide bonds. The topological polar surface area (TPSA) is 12.0 Å². The van der Waals surface area contributed by atoms with E-state index in [0.29, 0.717) is 5.92 Å². The minimum atomic E-state index is -0.0931. The van der Waals surface area contributed by atoms with Gasteiger partial charge in [0.25, 0.3) is 0 Å². The lowest BCUT2D eigenvalue weighted by Crippen LogP contribution is -2.35. The number of nitrogens with one attached hydrogen (secondary N) is 1. The highest BCUT2D eigenvalue weighted by atomic mass is 79.9. The summed E-state index contributed by atoms with van der Waals surface area (Å²) in [5.74, 6) is 0.405. The van der Waals surface area contributed by atoms with Gasteiger partial charge < -0.3 is 5.32 Å². The first-order valence-corrected chi connectivity index (χ1v) is 8.43. The van der Waals surface area contributed by atoms with Crippen LogP contribution >= 0.6 is 15.9 Å². The second-order valence-electron chi connectivity index (χ2n) is 6.58. The van der Waals surface area contributed by atoms with Gasteiger partial charge in [-0.15, -0.1) is 0 Å². The van der Waals surface area contributed by atoms with Crippen LogP contribution < -0.4 is 5.32 Å². The van der Waals surface area contributed by atoms with Crippen LogP contribution in [0.1, 0.15) is 58.1 Å². The van der Waals surface area contributed by atoms with Crippen molar-refractivity contribution in [1.82, 2.24) is 5.32 Å². The molecule has 1 aromatic rings. The second kappa shape index (κ2) is 6.57. The summed E-state index contributed by atoms with van der Waals surface area (Å²) in [6.45, 7) is 7.73. The van der Waals surface area contributed by atoms with Crippen molar-refractivity contribution in [2.24, 2.45) is 11.3 Å². The number of rotatable bonds is 5. The van der Waals surface area contributed by atoms with E-state index in [1.807, 2.05) is 6.07 Å². The average molecular weight is 342 g/mol. The summed E-state index contributed by atoms with van der Waals surface area (Å²) in [6.07, 6.45) is 4.73. The Balaban J connectivity index is 2.34. The van der Waals surface area contributed by atoms with Crippen molar-refractivity contribution in [3.8, 4) is 0 Å². The zero-order valence-corrected chi connectivity index (χ0v) is 14.3. The van der Waals surface area contributed by atoms with Crippen molar-refractivity contribution < 1.29 is 4.39 Å². The molecule has 0 spiro atoms. The molecule has 0 radical (unpaired) electrons. The molecule has 1 fully saturated rings. The van der Waals surface area contributed by atoms with Gasteiger partial charge in [0.1, 0.15) is 5.82 Å². The molecule has 20 heavy (non-hydrogen) atoms. The molecule has 1 saturated carbocycles. The summed E-state index contributed by atoms with van der Waals surface area (Å²) in [5.41, 5.74) is 1.09. The first-order valence-electron chi connectivity index (χ1n) is 7.64. The predicted molar refractivity (Wildman–Crippen MR) is 86.3 cm³/mol. The molecule has 3 heteroatoms. The zero-order valence-electron chi connectivity index (χ0n) is 12.7. The molecule has 0 aliphatic heterocycles. The highest BCUT2D eigenvalue weighted by Gasteiger charge is 2.40. The molecule has 112 valence electrons. The van der Waals surface area contributed by atoms with Crippen LogP contribution in [-0.2, 0) is 0 Å². The van der Waals surface area contributed by atoms with Gasteiger partial charge in [0.2, 0.25) is 0 Å². The molecule has 0 saturated heterocycles. The van der Waals surface area contributed by atoms with Gasteiger partial charge in [-0.2, -0.15) is 0 Å². The van der Waals surface area contributed by atoms with Crippen molar-refractivity contribution >= 4 is 15.9 Å². The van der Waals surface area contributed by atoms with E-state index < -0.39 is 0 Å². The molecule has 2 rings (SSSR count). The van der Waals surface area contributed by atoms with Crippen molar-refractivity contribution in [2.45, 2.75) is 52.5 Å². The first kappa shape index (κ1) is 16.0. The Morgan fingerprint density at radius 3 is 2.80 bits per heavy atom. The largest absolute Gasteiger partial charge is 0.310 e. The first-order chi connectivity index (χ1) is 9.45. The third kappa shape index (κ3) is 3.43. The zero-order chi connectivity index (χ0) is 14.8. The Labute approximate surface area is 130 Å². The lowest BCUT2D eigenvalue weighted by molar-refractivity contribution is 0.195. The predicted octanol–water partition coefficient (Wildman–Crippen LogP) is 5.46. The fourth-order valence-corrected chi connectivity index (χ4v) is 3.87. The third-order valence-electron chi connectivity index (χ3n) is 4.65. The third-order valence-corrected chi connectivity index (χ3v) is 5.14. The van der Waals surface area contributed by atoms with Crippen LogP contribution in [0.25, 0.3) is 0 Å². The number of hydrogen-bond acceptors (Lipinski definition) is 1. The van der Waals surface area contributed by atoms with Gasteiger partial charge in [-0.25, -0.2) is 4.39 Å². The molecule has 1 aliphatic rings. The van der Waals surface area contributed by atoms with Crippen LogP contribution in [0.3, 0.4) is 0 Å². The molecule has 0 heterocycles. The molecule has 2 unspecified atom stereocenters. The van der Waals surface area contributed by atoms with Crippen LogP contribution in [0, 0.1) is 17.2 Å². The van der Waals surface area contributed by atoms with E-state index >= 15 is 0 Å². The van der Waals surface area contributed by atoms with Crippen molar-refractivity contribution in [1.29, 1.82) is 0 Å².